The number of amides is 1. The molecule has 8 heteroatoms. The van der Waals surface area contributed by atoms with Gasteiger partial charge < -0.3 is 5.32 Å². The van der Waals surface area contributed by atoms with E-state index in [-0.39, 0.29) is 18.1 Å². The summed E-state index contributed by atoms with van der Waals surface area (Å²) in [6, 6.07) is 6.18. The van der Waals surface area contributed by atoms with Gasteiger partial charge >= 0.3 is 5.69 Å². The predicted octanol–water partition coefficient (Wildman–Crippen LogP) is 2.19. The summed E-state index contributed by atoms with van der Waals surface area (Å²) in [5.74, 6) is -0.228. The fraction of sp³-hybridized carbons (Fsp3) is 0.333. The number of benzene rings is 1. The van der Waals surface area contributed by atoms with Crippen molar-refractivity contribution in [2.45, 2.75) is 43.7 Å². The maximum atomic E-state index is 12.5. The van der Waals surface area contributed by atoms with Gasteiger partial charge in [-0.1, -0.05) is 36.4 Å². The number of nitrogens with zero attached hydrogens (tertiary/aromatic N) is 4. The number of rotatable bonds is 6. The third-order valence-corrected chi connectivity index (χ3v) is 5.03. The molecule has 0 bridgehead atoms. The van der Waals surface area contributed by atoms with Crippen LogP contribution in [0.15, 0.2) is 45.3 Å². The van der Waals surface area contributed by atoms with Crippen molar-refractivity contribution in [3.05, 3.63) is 52.2 Å². The summed E-state index contributed by atoms with van der Waals surface area (Å²) in [4.78, 5) is 29.8. The highest BCUT2D eigenvalue weighted by Gasteiger charge is 2.15. The number of carbonyl (C=O) groups is 1. The van der Waals surface area contributed by atoms with Gasteiger partial charge in [-0.05, 0) is 31.9 Å². The lowest BCUT2D eigenvalue weighted by Gasteiger charge is -2.06. The molecule has 3 rings (SSSR count). The molecule has 0 fully saturated rings. The molecule has 0 radical (unpaired) electrons. The standard InChI is InChI=1S/C18H21N5O2S/c1-4-7-19-15(24)11-23-18(25)22-9-8-20-17(16(22)21-23)26-14-6-5-12(2)10-13(14)3/h5-6,8-10H,4,7,11H2,1-3H3,(H,19,24). The van der Waals surface area contributed by atoms with E-state index in [4.69, 9.17) is 0 Å². The van der Waals surface area contributed by atoms with Gasteiger partial charge in [0.2, 0.25) is 5.91 Å². The third kappa shape index (κ3) is 3.80. The first-order valence-corrected chi connectivity index (χ1v) is 9.27. The SMILES string of the molecule is CCCNC(=O)Cn1nc2c(Sc3ccc(C)cc3C)nccn2c1=O. The Morgan fingerprint density at radius 2 is 2.12 bits per heavy atom. The molecule has 7 nitrogen and oxygen atoms in total. The van der Waals surface area contributed by atoms with Gasteiger partial charge in [0.05, 0.1) is 0 Å². The highest BCUT2D eigenvalue weighted by Crippen LogP contribution is 2.30. The summed E-state index contributed by atoms with van der Waals surface area (Å²) in [7, 11) is 0. The van der Waals surface area contributed by atoms with E-state index in [0.29, 0.717) is 17.2 Å². The zero-order valence-corrected chi connectivity index (χ0v) is 15.8. The lowest BCUT2D eigenvalue weighted by atomic mass is 10.2. The van der Waals surface area contributed by atoms with Gasteiger partial charge in [-0.3, -0.25) is 4.79 Å². The molecule has 2 heterocycles. The second kappa shape index (κ2) is 7.74. The van der Waals surface area contributed by atoms with Crippen molar-refractivity contribution in [2.24, 2.45) is 0 Å². The van der Waals surface area contributed by atoms with Gasteiger partial charge in [-0.25, -0.2) is 18.9 Å². The third-order valence-electron chi connectivity index (χ3n) is 3.87. The minimum Gasteiger partial charge on any atom is -0.355 e. The van der Waals surface area contributed by atoms with Gasteiger partial charge in [0.15, 0.2) is 5.65 Å². The second-order valence-electron chi connectivity index (χ2n) is 6.09. The lowest BCUT2D eigenvalue weighted by molar-refractivity contribution is -0.121. The molecule has 26 heavy (non-hydrogen) atoms. The number of nitrogens with one attached hydrogen (secondary N) is 1. The van der Waals surface area contributed by atoms with E-state index in [1.54, 1.807) is 12.4 Å². The molecule has 2 aromatic heterocycles. The Labute approximate surface area is 155 Å². The van der Waals surface area contributed by atoms with Crippen LogP contribution in [-0.4, -0.2) is 31.6 Å². The Hall–Kier alpha value is -2.61. The van der Waals surface area contributed by atoms with Gasteiger partial charge in [-0.2, -0.15) is 0 Å². The largest absolute Gasteiger partial charge is 0.355 e. The summed E-state index contributed by atoms with van der Waals surface area (Å²) >= 11 is 1.46. The Balaban J connectivity index is 1.94. The first kappa shape index (κ1) is 18.2. The van der Waals surface area contributed by atoms with Crippen LogP contribution >= 0.6 is 11.8 Å². The smallest absolute Gasteiger partial charge is 0.350 e. The van der Waals surface area contributed by atoms with Crippen LogP contribution < -0.4 is 11.0 Å². The molecule has 1 aromatic carbocycles. The highest BCUT2D eigenvalue weighted by atomic mass is 32.2. The molecule has 1 amide bonds. The minimum absolute atomic E-state index is 0.103. The fourth-order valence-electron chi connectivity index (χ4n) is 2.58. The Bertz CT molecular complexity index is 1010. The van der Waals surface area contributed by atoms with Crippen LogP contribution in [0.25, 0.3) is 5.65 Å². The average Bonchev–Trinajstić information content (AvgIpc) is 2.92. The van der Waals surface area contributed by atoms with Crippen molar-refractivity contribution in [3.63, 3.8) is 0 Å². The van der Waals surface area contributed by atoms with E-state index >= 15 is 0 Å². The van der Waals surface area contributed by atoms with E-state index in [1.807, 2.05) is 32.9 Å². The van der Waals surface area contributed by atoms with E-state index in [2.05, 4.69) is 21.5 Å². The summed E-state index contributed by atoms with van der Waals surface area (Å²) in [6.07, 6.45) is 3.98. The van der Waals surface area contributed by atoms with Gasteiger partial charge in [0.1, 0.15) is 11.6 Å². The molecule has 0 aliphatic heterocycles. The molecule has 0 atom stereocenters. The van der Waals surface area contributed by atoms with Crippen LogP contribution in [0.5, 0.6) is 0 Å². The van der Waals surface area contributed by atoms with Crippen LogP contribution in [0, 0.1) is 13.8 Å². The van der Waals surface area contributed by atoms with Crippen molar-refractivity contribution in [3.8, 4) is 0 Å². The summed E-state index contributed by atoms with van der Waals surface area (Å²) in [6.45, 7) is 6.54. The maximum Gasteiger partial charge on any atom is 0.350 e. The van der Waals surface area contributed by atoms with Crippen LogP contribution in [-0.2, 0) is 11.3 Å². The molecule has 0 spiro atoms. The monoisotopic (exact) mass is 371 g/mol. The van der Waals surface area contributed by atoms with Gasteiger partial charge in [0, 0.05) is 23.8 Å². The second-order valence-corrected chi connectivity index (χ2v) is 7.12. The normalized spacial score (nSPS) is 11.0. The van der Waals surface area contributed by atoms with E-state index in [0.717, 1.165) is 16.9 Å². The Morgan fingerprint density at radius 1 is 1.31 bits per heavy atom. The van der Waals surface area contributed by atoms with Crippen molar-refractivity contribution in [1.29, 1.82) is 0 Å². The summed E-state index contributed by atoms with van der Waals surface area (Å²) in [5, 5.41) is 7.71. The van der Waals surface area contributed by atoms with Crippen molar-refractivity contribution < 1.29 is 4.79 Å². The van der Waals surface area contributed by atoms with Crippen molar-refractivity contribution in [1.82, 2.24) is 24.5 Å². The Kier molecular flexibility index (Phi) is 5.41. The molecule has 0 saturated carbocycles. The van der Waals surface area contributed by atoms with Crippen molar-refractivity contribution in [2.75, 3.05) is 6.54 Å². The molecule has 0 saturated heterocycles. The summed E-state index contributed by atoms with van der Waals surface area (Å²) < 4.78 is 2.60. The Morgan fingerprint density at radius 3 is 2.85 bits per heavy atom. The topological polar surface area (TPSA) is 81.3 Å². The molecule has 0 aliphatic rings. The summed E-state index contributed by atoms with van der Waals surface area (Å²) in [5.41, 5.74) is 2.43. The molecule has 0 unspecified atom stereocenters. The average molecular weight is 371 g/mol. The fourth-order valence-corrected chi connectivity index (χ4v) is 3.48. The minimum atomic E-state index is -0.350. The van der Waals surface area contributed by atoms with Crippen LogP contribution in [0.2, 0.25) is 0 Å². The molecule has 3 aromatic rings. The van der Waals surface area contributed by atoms with E-state index in [9.17, 15) is 9.59 Å². The van der Waals surface area contributed by atoms with Crippen LogP contribution in [0.1, 0.15) is 24.5 Å². The molecular weight excluding hydrogens is 350 g/mol. The first-order chi connectivity index (χ1) is 12.5. The zero-order chi connectivity index (χ0) is 18.7. The lowest BCUT2D eigenvalue weighted by Crippen LogP contribution is -2.33. The van der Waals surface area contributed by atoms with Gasteiger partial charge in [-0.15, -0.1) is 5.10 Å². The molecule has 136 valence electrons. The van der Waals surface area contributed by atoms with E-state index in [1.165, 1.54) is 26.4 Å². The molecule has 1 N–H and O–H groups in total. The van der Waals surface area contributed by atoms with Crippen LogP contribution in [0.3, 0.4) is 0 Å². The maximum absolute atomic E-state index is 12.5. The number of aryl methyl sites for hydroxylation is 2. The van der Waals surface area contributed by atoms with Crippen molar-refractivity contribution >= 4 is 23.3 Å². The van der Waals surface area contributed by atoms with Crippen LogP contribution in [0.4, 0.5) is 0 Å². The molecule has 0 aliphatic carbocycles. The zero-order valence-electron chi connectivity index (χ0n) is 15.0. The molecular formula is C18H21N5O2S. The number of fused-ring (bicyclic) bond motifs is 1. The van der Waals surface area contributed by atoms with Gasteiger partial charge in [0.25, 0.3) is 0 Å². The number of hydrogen-bond donors (Lipinski definition) is 1. The number of hydrogen-bond acceptors (Lipinski definition) is 5. The number of carbonyl (C=O) groups excluding carboxylic acids is 1. The first-order valence-electron chi connectivity index (χ1n) is 8.45. The highest BCUT2D eigenvalue weighted by molar-refractivity contribution is 7.99. The quantitative estimate of drug-likeness (QED) is 0.718. The number of aromatic nitrogens is 4. The predicted molar refractivity (Wildman–Crippen MR) is 101 cm³/mol. The van der Waals surface area contributed by atoms with E-state index < -0.39 is 0 Å².